The Morgan fingerprint density at radius 3 is 0.652 bits per heavy atom. The normalized spacial score (nSPS) is 12.7. The van der Waals surface area contributed by atoms with Crippen molar-refractivity contribution in [2.24, 2.45) is 0 Å². The Balaban J connectivity index is 0.000000153. The van der Waals surface area contributed by atoms with Crippen LogP contribution in [-0.2, 0) is 40.8 Å². The van der Waals surface area contributed by atoms with Gasteiger partial charge in [-0.2, -0.15) is 0 Å². The van der Waals surface area contributed by atoms with Crippen molar-refractivity contribution in [3.63, 3.8) is 0 Å². The van der Waals surface area contributed by atoms with Crippen LogP contribution in [0.2, 0.25) is 0 Å². The van der Waals surface area contributed by atoms with Gasteiger partial charge in [-0.05, 0) is 35.4 Å². The van der Waals surface area contributed by atoms with Crippen molar-refractivity contribution in [1.82, 2.24) is 0 Å². The predicted octanol–water partition coefficient (Wildman–Crippen LogP) is 7.64. The van der Waals surface area contributed by atoms with E-state index in [0.29, 0.717) is 11.1 Å². The molecule has 0 bridgehead atoms. The minimum Gasteiger partial charge on any atom is -0.744 e. The van der Waals surface area contributed by atoms with Gasteiger partial charge in [-0.25, -0.2) is 16.8 Å². The van der Waals surface area contributed by atoms with Gasteiger partial charge >= 0.3 is 0 Å². The quantitative estimate of drug-likeness (QED) is 0.109. The molecule has 0 unspecified atom stereocenters. The standard InChI is InChI=1S/2C19H17N.C12H10O6S2.C4H8O2/c2*20-19(16-10-4-1-5-11-16,17-12-6-2-7-13-17)18-14-8-3-9-15-18;13-19(14,15)11-5-1-9(2-6-11)10-3-7-12(8-4-10)20(16,17)18;1-2-6-4-3-5-1/h2*1-15H,20H2;1-8H,(H,13,14,15)(H,16,17,18);1-4H2. The van der Waals surface area contributed by atoms with Crippen molar-refractivity contribution in [1.29, 1.82) is 0 Å². The summed E-state index contributed by atoms with van der Waals surface area (Å²) in [5.74, 6) is 0. The Bertz CT molecular complexity index is 2490. The van der Waals surface area contributed by atoms with Crippen molar-refractivity contribution in [2.45, 2.75) is 20.9 Å². The summed E-state index contributed by atoms with van der Waals surface area (Å²) >= 11 is 0. The molecule has 8 aromatic carbocycles. The average molecular weight is 921 g/mol. The van der Waals surface area contributed by atoms with Crippen LogP contribution < -0.4 is 11.5 Å². The van der Waals surface area contributed by atoms with E-state index in [0.717, 1.165) is 50.7 Å². The summed E-state index contributed by atoms with van der Waals surface area (Å²) < 4.78 is 74.6. The number of hydrogen-bond acceptors (Lipinski definition) is 8. The van der Waals surface area contributed by atoms with Crippen molar-refractivity contribution in [3.05, 3.63) is 264 Å². The topological polar surface area (TPSA) is 188 Å². The lowest BCUT2D eigenvalue weighted by atomic mass is 9.78. The molecular weight excluding hydrogens is 869 g/mol. The van der Waals surface area contributed by atoms with Gasteiger partial charge in [-0.1, -0.05) is 206 Å². The summed E-state index contributed by atoms with van der Waals surface area (Å²) in [6.45, 7) is 3.11. The first kappa shape index (κ1) is 48.9. The minimum atomic E-state index is -4.50. The van der Waals surface area contributed by atoms with Gasteiger partial charge in [0.05, 0.1) is 36.2 Å². The molecule has 1 aliphatic rings. The van der Waals surface area contributed by atoms with Gasteiger partial charge in [0.1, 0.15) is 20.2 Å². The molecule has 0 radical (unpaired) electrons. The van der Waals surface area contributed by atoms with E-state index in [1.807, 2.05) is 36.4 Å². The lowest BCUT2D eigenvalue weighted by Gasteiger charge is -2.27. The molecule has 66 heavy (non-hydrogen) atoms. The van der Waals surface area contributed by atoms with Crippen LogP contribution in [0.4, 0.5) is 0 Å². The maximum absolute atomic E-state index is 10.8. The van der Waals surface area contributed by atoms with Crippen LogP contribution in [-0.4, -0.2) is 52.4 Å². The van der Waals surface area contributed by atoms with Gasteiger partial charge in [0, 0.05) is 33.4 Å². The molecule has 1 fully saturated rings. The summed E-state index contributed by atoms with van der Waals surface area (Å²) in [5.41, 5.74) is 16.8. The fourth-order valence-electron chi connectivity index (χ4n) is 7.40. The molecule has 12 heteroatoms. The van der Waals surface area contributed by atoms with Crippen LogP contribution in [0.25, 0.3) is 11.1 Å². The highest BCUT2D eigenvalue weighted by Gasteiger charge is 2.36. The summed E-state index contributed by atoms with van der Waals surface area (Å²) in [4.78, 5) is -0.694. The molecule has 10 nitrogen and oxygen atoms in total. The molecule has 338 valence electrons. The lowest BCUT2D eigenvalue weighted by Crippen LogP contribution is -2.71. The molecule has 0 amide bonds. The van der Waals surface area contributed by atoms with Crippen molar-refractivity contribution < 1.29 is 46.9 Å². The Morgan fingerprint density at radius 2 is 0.500 bits per heavy atom. The molecule has 0 saturated carbocycles. The lowest BCUT2D eigenvalue weighted by molar-refractivity contribution is -0.455. The monoisotopic (exact) mass is 920 g/mol. The first-order valence-corrected chi connectivity index (χ1v) is 23.9. The summed E-state index contributed by atoms with van der Waals surface area (Å²) in [7, 11) is -9.00. The molecule has 1 aliphatic heterocycles. The fraction of sp³-hybridized carbons (Fsp3) is 0.111. The zero-order chi connectivity index (χ0) is 46.9. The second kappa shape index (κ2) is 23.0. The van der Waals surface area contributed by atoms with E-state index in [9.17, 15) is 25.9 Å². The highest BCUT2D eigenvalue weighted by molar-refractivity contribution is 7.86. The van der Waals surface area contributed by atoms with E-state index >= 15 is 0 Å². The number of quaternary nitrogens is 2. The number of rotatable bonds is 9. The molecule has 1 heterocycles. The Morgan fingerprint density at radius 1 is 0.318 bits per heavy atom. The molecule has 1 saturated heterocycles. The highest BCUT2D eigenvalue weighted by Crippen LogP contribution is 2.33. The van der Waals surface area contributed by atoms with Crippen LogP contribution in [0.3, 0.4) is 0 Å². The maximum atomic E-state index is 10.8. The van der Waals surface area contributed by atoms with Gasteiger partial charge < -0.3 is 30.0 Å². The van der Waals surface area contributed by atoms with Gasteiger partial charge in [-0.3, -0.25) is 0 Å². The van der Waals surface area contributed by atoms with E-state index in [1.165, 1.54) is 57.6 Å². The van der Waals surface area contributed by atoms with Gasteiger partial charge in [0.25, 0.3) is 0 Å². The third-order valence-corrected chi connectivity index (χ3v) is 12.7. The number of hydrogen-bond donors (Lipinski definition) is 2. The van der Waals surface area contributed by atoms with Crippen LogP contribution in [0.1, 0.15) is 33.4 Å². The SMILES string of the molecule is C1COCCO1.O=S(=O)([O-])c1ccc(-c2ccc(S(=O)(=O)[O-])cc2)cc1.[NH3+]C(c1ccccc1)(c1ccccc1)c1ccccc1.[NH3+]C(c1ccccc1)(c1ccccc1)c1ccccc1. The van der Waals surface area contributed by atoms with Crippen molar-refractivity contribution >= 4 is 20.2 Å². The molecule has 9 rings (SSSR count). The highest BCUT2D eigenvalue weighted by atomic mass is 32.2. The smallest absolute Gasteiger partial charge is 0.172 e. The Hall–Kier alpha value is -6.58. The van der Waals surface area contributed by atoms with Gasteiger partial charge in [-0.15, -0.1) is 0 Å². The Labute approximate surface area is 387 Å². The molecular formula is C54H52N2O8S2. The second-order valence-electron chi connectivity index (χ2n) is 15.2. The van der Waals surface area contributed by atoms with Crippen LogP contribution in [0.5, 0.6) is 0 Å². The molecule has 0 aromatic heterocycles. The van der Waals surface area contributed by atoms with E-state index < -0.39 is 20.2 Å². The minimum absolute atomic E-state index is 0.347. The average Bonchev–Trinajstić information content (AvgIpc) is 3.38. The summed E-state index contributed by atoms with van der Waals surface area (Å²) in [5, 5.41) is 0. The van der Waals surface area contributed by atoms with Crippen molar-refractivity contribution in [3.8, 4) is 11.1 Å². The van der Waals surface area contributed by atoms with Crippen molar-refractivity contribution in [2.75, 3.05) is 26.4 Å². The maximum Gasteiger partial charge on any atom is 0.172 e. The number of ether oxygens (including phenoxy) is 2. The third kappa shape index (κ3) is 12.8. The molecule has 0 aliphatic carbocycles. The zero-order valence-electron chi connectivity index (χ0n) is 36.3. The zero-order valence-corrected chi connectivity index (χ0v) is 37.9. The number of benzene rings is 8. The van der Waals surface area contributed by atoms with Gasteiger partial charge in [0.15, 0.2) is 11.1 Å². The van der Waals surface area contributed by atoms with E-state index in [4.69, 9.17) is 9.47 Å². The van der Waals surface area contributed by atoms with E-state index in [1.54, 1.807) is 0 Å². The summed E-state index contributed by atoms with van der Waals surface area (Å²) in [6.07, 6.45) is 0. The van der Waals surface area contributed by atoms with Gasteiger partial charge in [0.2, 0.25) is 0 Å². The van der Waals surface area contributed by atoms with E-state index in [2.05, 4.69) is 157 Å². The fourth-order valence-corrected chi connectivity index (χ4v) is 8.34. The molecule has 0 spiro atoms. The first-order valence-electron chi connectivity index (χ1n) is 21.1. The summed E-state index contributed by atoms with van der Waals surface area (Å²) in [6, 6.07) is 73.2. The van der Waals surface area contributed by atoms with Crippen LogP contribution in [0.15, 0.2) is 240 Å². The molecule has 8 aromatic rings. The van der Waals surface area contributed by atoms with Crippen LogP contribution >= 0.6 is 0 Å². The molecule has 6 N–H and O–H groups in total. The van der Waals surface area contributed by atoms with Crippen LogP contribution in [0, 0.1) is 0 Å². The third-order valence-electron chi connectivity index (χ3n) is 11.0. The largest absolute Gasteiger partial charge is 0.744 e. The van der Waals surface area contributed by atoms with E-state index in [-0.39, 0.29) is 20.9 Å². The second-order valence-corrected chi connectivity index (χ2v) is 17.9. The first-order chi connectivity index (χ1) is 31.8. The molecule has 0 atom stereocenters. The predicted molar refractivity (Wildman–Crippen MR) is 254 cm³/mol. The Kier molecular flexibility index (Phi) is 17.1.